The van der Waals surface area contributed by atoms with Crippen LogP contribution >= 0.6 is 0 Å². The molecular weight excluding hydrogens is 136 g/mol. The molecule has 0 fully saturated rings. The second-order valence-corrected chi connectivity index (χ2v) is 3.09. The van der Waals surface area contributed by atoms with Crippen molar-refractivity contribution in [3.05, 3.63) is 11.3 Å². The molecule has 1 aliphatic heterocycles. The van der Waals surface area contributed by atoms with Crippen molar-refractivity contribution in [2.75, 3.05) is 6.67 Å². The molecule has 0 saturated heterocycles. The molecule has 0 bridgehead atoms. The van der Waals surface area contributed by atoms with E-state index in [1.54, 1.807) is 0 Å². The summed E-state index contributed by atoms with van der Waals surface area (Å²) in [5.74, 6) is 0.594. The van der Waals surface area contributed by atoms with Gasteiger partial charge in [0.25, 0.3) is 0 Å². The number of nitrogens with one attached hydrogen (secondary N) is 1. The Morgan fingerprint density at radius 3 is 2.82 bits per heavy atom. The molecule has 0 unspecified atom stereocenters. The largest absolute Gasteiger partial charge is 0.369 e. The van der Waals surface area contributed by atoms with Crippen LogP contribution in [0.5, 0.6) is 0 Å². The molecule has 0 radical (unpaired) electrons. The fourth-order valence-electron chi connectivity index (χ4n) is 1.33. The maximum atomic E-state index is 4.17. The van der Waals surface area contributed by atoms with Crippen LogP contribution in [0.4, 0.5) is 0 Å². The van der Waals surface area contributed by atoms with Crippen LogP contribution in [0.2, 0.25) is 0 Å². The Kier molecular flexibility index (Phi) is 2.69. The van der Waals surface area contributed by atoms with Gasteiger partial charge in [-0.25, -0.2) is 0 Å². The van der Waals surface area contributed by atoms with Crippen LogP contribution in [0.1, 0.15) is 27.2 Å². The van der Waals surface area contributed by atoms with Gasteiger partial charge in [-0.15, -0.1) is 0 Å². The minimum absolute atomic E-state index is 0.594. The van der Waals surface area contributed by atoms with E-state index in [-0.39, 0.29) is 0 Å². The molecule has 1 aliphatic rings. The number of hydrogen-bond donors (Lipinski definition) is 1. The highest BCUT2D eigenvalue weighted by atomic mass is 15.0. The predicted octanol–water partition coefficient (Wildman–Crippen LogP) is 1.94. The molecule has 0 aromatic carbocycles. The van der Waals surface area contributed by atoms with Gasteiger partial charge in [0.1, 0.15) is 6.67 Å². The van der Waals surface area contributed by atoms with Crippen LogP contribution in [-0.2, 0) is 0 Å². The summed E-state index contributed by atoms with van der Waals surface area (Å²) in [6.45, 7) is 7.32. The summed E-state index contributed by atoms with van der Waals surface area (Å²) in [6, 6.07) is 0. The smallest absolute Gasteiger partial charge is 0.107 e. The van der Waals surface area contributed by atoms with Crippen LogP contribution < -0.4 is 5.32 Å². The Hall–Kier alpha value is -0.790. The molecule has 0 aromatic rings. The number of nitrogens with zero attached hydrogens (tertiary/aromatic N) is 1. The Balaban J connectivity index is 2.82. The highest BCUT2D eigenvalue weighted by Crippen LogP contribution is 2.15. The van der Waals surface area contributed by atoms with Crippen molar-refractivity contribution in [3.63, 3.8) is 0 Å². The van der Waals surface area contributed by atoms with E-state index < -0.39 is 0 Å². The van der Waals surface area contributed by atoms with Gasteiger partial charge in [-0.05, 0) is 17.9 Å². The van der Waals surface area contributed by atoms with Crippen molar-refractivity contribution >= 4 is 6.21 Å². The molecule has 0 aromatic heterocycles. The number of allylic oxidation sites excluding steroid dienone is 2. The third-order valence-corrected chi connectivity index (χ3v) is 1.91. The summed E-state index contributed by atoms with van der Waals surface area (Å²) < 4.78 is 0. The van der Waals surface area contributed by atoms with Crippen LogP contribution in [0.3, 0.4) is 0 Å². The van der Waals surface area contributed by atoms with Gasteiger partial charge in [-0.2, -0.15) is 0 Å². The molecule has 1 rings (SSSR count). The first-order chi connectivity index (χ1) is 5.25. The van der Waals surface area contributed by atoms with Gasteiger partial charge in [0.05, 0.1) is 0 Å². The number of rotatable bonds is 2. The van der Waals surface area contributed by atoms with E-state index in [4.69, 9.17) is 0 Å². The topological polar surface area (TPSA) is 24.4 Å². The van der Waals surface area contributed by atoms with E-state index in [2.05, 4.69) is 31.1 Å². The standard InChI is InChI=1S/C9H16N2/c1-4-8-5-10-6-11-9(8)7(2)3/h5,7,11H,4,6H2,1-3H3. The van der Waals surface area contributed by atoms with Gasteiger partial charge < -0.3 is 5.32 Å². The molecule has 0 saturated carbocycles. The summed E-state index contributed by atoms with van der Waals surface area (Å²) >= 11 is 0. The Labute approximate surface area is 68.4 Å². The van der Waals surface area contributed by atoms with Gasteiger partial charge >= 0.3 is 0 Å². The van der Waals surface area contributed by atoms with Crippen molar-refractivity contribution in [1.29, 1.82) is 0 Å². The summed E-state index contributed by atoms with van der Waals surface area (Å²) in [5.41, 5.74) is 2.72. The first kappa shape index (κ1) is 8.31. The highest BCUT2D eigenvalue weighted by Gasteiger charge is 2.09. The lowest BCUT2D eigenvalue weighted by Crippen LogP contribution is -2.23. The van der Waals surface area contributed by atoms with Crippen molar-refractivity contribution in [2.45, 2.75) is 27.2 Å². The van der Waals surface area contributed by atoms with Crippen LogP contribution in [-0.4, -0.2) is 12.9 Å². The summed E-state index contributed by atoms with van der Waals surface area (Å²) in [6.07, 6.45) is 3.07. The Morgan fingerprint density at radius 1 is 1.64 bits per heavy atom. The van der Waals surface area contributed by atoms with E-state index in [0.29, 0.717) is 5.92 Å². The third-order valence-electron chi connectivity index (χ3n) is 1.91. The number of aliphatic imine (C=N–C) groups is 1. The minimum Gasteiger partial charge on any atom is -0.369 e. The first-order valence-electron chi connectivity index (χ1n) is 4.22. The monoisotopic (exact) mass is 152 g/mol. The molecule has 2 nitrogen and oxygen atoms in total. The lowest BCUT2D eigenvalue weighted by Gasteiger charge is -2.19. The Morgan fingerprint density at radius 2 is 2.36 bits per heavy atom. The molecule has 11 heavy (non-hydrogen) atoms. The molecule has 0 spiro atoms. The third kappa shape index (κ3) is 1.82. The Bertz CT molecular complexity index is 190. The van der Waals surface area contributed by atoms with Gasteiger partial charge in [0, 0.05) is 11.9 Å². The molecule has 1 N–H and O–H groups in total. The van der Waals surface area contributed by atoms with Crippen molar-refractivity contribution < 1.29 is 0 Å². The van der Waals surface area contributed by atoms with Crippen molar-refractivity contribution in [2.24, 2.45) is 10.9 Å². The lowest BCUT2D eigenvalue weighted by molar-refractivity contribution is 0.643. The van der Waals surface area contributed by atoms with E-state index in [1.165, 1.54) is 11.3 Å². The lowest BCUT2D eigenvalue weighted by atomic mass is 10.0. The molecule has 0 aliphatic carbocycles. The fourth-order valence-corrected chi connectivity index (χ4v) is 1.33. The van der Waals surface area contributed by atoms with Crippen molar-refractivity contribution in [1.82, 2.24) is 5.32 Å². The van der Waals surface area contributed by atoms with Crippen LogP contribution in [0, 0.1) is 5.92 Å². The number of hydrogen-bond acceptors (Lipinski definition) is 2. The van der Waals surface area contributed by atoms with Crippen LogP contribution in [0.25, 0.3) is 0 Å². The highest BCUT2D eigenvalue weighted by molar-refractivity contribution is 5.80. The zero-order valence-corrected chi connectivity index (χ0v) is 7.52. The molecule has 2 heteroatoms. The summed E-state index contributed by atoms with van der Waals surface area (Å²) in [7, 11) is 0. The summed E-state index contributed by atoms with van der Waals surface area (Å²) in [4.78, 5) is 4.17. The molecular formula is C9H16N2. The summed E-state index contributed by atoms with van der Waals surface area (Å²) in [5, 5.41) is 3.30. The molecule has 0 atom stereocenters. The zero-order chi connectivity index (χ0) is 8.27. The van der Waals surface area contributed by atoms with Crippen LogP contribution in [0.15, 0.2) is 16.3 Å². The minimum atomic E-state index is 0.594. The van der Waals surface area contributed by atoms with E-state index in [1.807, 2.05) is 6.21 Å². The first-order valence-corrected chi connectivity index (χ1v) is 4.22. The van der Waals surface area contributed by atoms with Crippen molar-refractivity contribution in [3.8, 4) is 0 Å². The second kappa shape index (κ2) is 3.56. The van der Waals surface area contributed by atoms with Gasteiger partial charge in [-0.3, -0.25) is 4.99 Å². The maximum absolute atomic E-state index is 4.17. The predicted molar refractivity (Wildman–Crippen MR) is 48.6 cm³/mol. The zero-order valence-electron chi connectivity index (χ0n) is 7.52. The average molecular weight is 152 g/mol. The molecule has 62 valence electrons. The van der Waals surface area contributed by atoms with E-state index in [9.17, 15) is 0 Å². The molecule has 1 heterocycles. The van der Waals surface area contributed by atoms with Gasteiger partial charge in [-0.1, -0.05) is 20.8 Å². The maximum Gasteiger partial charge on any atom is 0.107 e. The SMILES string of the molecule is CCC1=C(C(C)C)NCN=C1. The fraction of sp³-hybridized carbons (Fsp3) is 0.667. The van der Waals surface area contributed by atoms with E-state index >= 15 is 0 Å². The normalized spacial score (nSPS) is 17.5. The van der Waals surface area contributed by atoms with Gasteiger partial charge in [0.15, 0.2) is 0 Å². The van der Waals surface area contributed by atoms with E-state index in [0.717, 1.165) is 13.1 Å². The second-order valence-electron chi connectivity index (χ2n) is 3.09. The molecule has 0 amide bonds. The van der Waals surface area contributed by atoms with Gasteiger partial charge in [0.2, 0.25) is 0 Å². The quantitative estimate of drug-likeness (QED) is 0.642. The average Bonchev–Trinajstić information content (AvgIpc) is 2.04.